The first-order valence-electron chi connectivity index (χ1n) is 5.25. The summed E-state index contributed by atoms with van der Waals surface area (Å²) in [5.74, 6) is 0. The average Bonchev–Trinajstić information content (AvgIpc) is 2.30. The fraction of sp³-hybridized carbons (Fsp3) is 0.133. The fourth-order valence-electron chi connectivity index (χ4n) is 1.87. The fourth-order valence-corrected chi connectivity index (χ4v) is 1.87. The summed E-state index contributed by atoms with van der Waals surface area (Å²) in [4.78, 5) is 0. The molecule has 0 N–H and O–H groups in total. The number of hydrogen-bond donors (Lipinski definition) is 0. The van der Waals surface area contributed by atoms with Crippen LogP contribution in [0.5, 0.6) is 0 Å². The summed E-state index contributed by atoms with van der Waals surface area (Å²) in [5, 5.41) is 0. The van der Waals surface area contributed by atoms with Crippen LogP contribution in [0.1, 0.15) is 11.1 Å². The van der Waals surface area contributed by atoms with Crippen LogP contribution in [0.15, 0.2) is 36.5 Å². The van der Waals surface area contributed by atoms with Crippen LogP contribution < -0.4 is 4.57 Å². The van der Waals surface area contributed by atoms with Crippen molar-refractivity contribution in [2.75, 3.05) is 0 Å². The van der Waals surface area contributed by atoms with Crippen molar-refractivity contribution in [2.45, 2.75) is 6.92 Å². The zero-order valence-electron chi connectivity index (χ0n) is 10.7. The summed E-state index contributed by atoms with van der Waals surface area (Å²) in [6.07, 6.45) is 3.58. The Kier molecular flexibility index (Phi) is 7.35. The molecule has 2 aromatic rings. The minimum Gasteiger partial charge on any atom is -0.344 e. The van der Waals surface area contributed by atoms with Crippen LogP contribution in [0.2, 0.25) is 0 Å². The molecule has 0 aliphatic rings. The van der Waals surface area contributed by atoms with Crippen molar-refractivity contribution in [3.8, 4) is 11.3 Å². The molecule has 0 aliphatic heterocycles. The van der Waals surface area contributed by atoms with Crippen LogP contribution in [0.25, 0.3) is 17.3 Å². The molecule has 2 rings (SSSR count). The van der Waals surface area contributed by atoms with Gasteiger partial charge in [0.25, 0.3) is 0 Å². The molecule has 86 valence electrons. The van der Waals surface area contributed by atoms with Gasteiger partial charge in [0.1, 0.15) is 7.05 Å². The smallest absolute Gasteiger partial charge is 0.119 e. The second-order valence-electron chi connectivity index (χ2n) is 3.81. The quantitative estimate of drug-likeness (QED) is 0.455. The number of rotatable bonds is 2. The Morgan fingerprint density at radius 3 is 2.56 bits per heavy atom. The van der Waals surface area contributed by atoms with E-state index in [0.717, 1.165) is 11.3 Å². The number of aryl methyl sites for hydroxylation is 2. The van der Waals surface area contributed by atoms with Crippen molar-refractivity contribution in [1.82, 2.24) is 0 Å². The second-order valence-corrected chi connectivity index (χ2v) is 3.81. The zero-order chi connectivity index (χ0) is 11.5. The van der Waals surface area contributed by atoms with E-state index in [1.54, 1.807) is 6.08 Å². The maximum Gasteiger partial charge on any atom is 0.119 e. The Bertz CT molecular complexity index is 538. The van der Waals surface area contributed by atoms with Crippen LogP contribution in [0.4, 0.5) is 0 Å². The van der Waals surface area contributed by atoms with Gasteiger partial charge in [0, 0.05) is 41.1 Å². The van der Waals surface area contributed by atoms with Gasteiger partial charge in [-0.3, -0.25) is 4.57 Å². The maximum atomic E-state index is 5.64. The number of hydrogen-bond acceptors (Lipinski definition) is 0. The molecular formula is C15H14BNY-. The van der Waals surface area contributed by atoms with E-state index in [0.29, 0.717) is 0 Å². The molecule has 0 saturated carbocycles. The van der Waals surface area contributed by atoms with Crippen molar-refractivity contribution in [3.05, 3.63) is 60.3 Å². The predicted octanol–water partition coefficient (Wildman–Crippen LogP) is 2.35. The molecule has 0 aliphatic carbocycles. The largest absolute Gasteiger partial charge is 0.344 e. The van der Waals surface area contributed by atoms with Gasteiger partial charge in [0.2, 0.25) is 0 Å². The molecule has 0 spiro atoms. The topological polar surface area (TPSA) is 3.88 Å². The molecule has 0 atom stereocenters. The normalized spacial score (nSPS) is 9.00. The van der Waals surface area contributed by atoms with Gasteiger partial charge in [-0.05, 0) is 18.1 Å². The molecule has 0 bridgehead atoms. The van der Waals surface area contributed by atoms with Crippen molar-refractivity contribution >= 4 is 14.5 Å². The van der Waals surface area contributed by atoms with Crippen molar-refractivity contribution in [1.29, 1.82) is 0 Å². The van der Waals surface area contributed by atoms with Gasteiger partial charge in [-0.1, -0.05) is 24.3 Å². The van der Waals surface area contributed by atoms with E-state index in [9.17, 15) is 0 Å². The molecule has 0 saturated heterocycles. The predicted molar refractivity (Wildman–Crippen MR) is 71.1 cm³/mol. The number of pyridine rings is 1. The van der Waals surface area contributed by atoms with Gasteiger partial charge >= 0.3 is 0 Å². The van der Waals surface area contributed by atoms with Gasteiger partial charge in [-0.2, -0.15) is 0 Å². The van der Waals surface area contributed by atoms with Crippen LogP contribution in [0, 0.1) is 19.6 Å². The molecule has 4 radical (unpaired) electrons. The van der Waals surface area contributed by atoms with Crippen LogP contribution in [-0.2, 0) is 39.8 Å². The first kappa shape index (κ1) is 17.3. The molecular weight excluding hydrogens is 294 g/mol. The van der Waals surface area contributed by atoms with Crippen molar-refractivity contribution < 1.29 is 37.3 Å². The zero-order valence-corrected chi connectivity index (χ0v) is 13.6. The SMILES string of the molecule is [B].[CH-]=Cc1[c-]cc[n+](C)c1-c1ccccc1C.[Y]. The van der Waals surface area contributed by atoms with Crippen LogP contribution in [0.3, 0.4) is 0 Å². The standard InChI is InChI=1S/C15H14N.B.Y/c1-4-13-9-7-11-16(3)15(13)14-10-6-5-8-12(14)2;;/h1,4-8,10-11H,2-3H3;;/q-1;;. The van der Waals surface area contributed by atoms with Crippen LogP contribution >= 0.6 is 0 Å². The summed E-state index contributed by atoms with van der Waals surface area (Å²) < 4.78 is 2.07. The van der Waals surface area contributed by atoms with Gasteiger partial charge in [-0.15, -0.1) is 6.07 Å². The Morgan fingerprint density at radius 1 is 1.28 bits per heavy atom. The van der Waals surface area contributed by atoms with E-state index in [1.807, 2.05) is 31.4 Å². The number of nitrogens with zero attached hydrogens (tertiary/aromatic N) is 1. The summed E-state index contributed by atoms with van der Waals surface area (Å²) >= 11 is 0. The number of aromatic nitrogens is 1. The van der Waals surface area contributed by atoms with Gasteiger partial charge in [-0.25, -0.2) is 11.6 Å². The van der Waals surface area contributed by atoms with E-state index in [1.165, 1.54) is 11.1 Å². The van der Waals surface area contributed by atoms with Crippen LogP contribution in [-0.4, -0.2) is 8.41 Å². The summed E-state index contributed by atoms with van der Waals surface area (Å²) in [7, 11) is 2.02. The first-order valence-corrected chi connectivity index (χ1v) is 5.25. The minimum absolute atomic E-state index is 0. The van der Waals surface area contributed by atoms with Crippen molar-refractivity contribution in [3.63, 3.8) is 0 Å². The average molecular weight is 308 g/mol. The molecule has 0 fully saturated rings. The van der Waals surface area contributed by atoms with E-state index in [-0.39, 0.29) is 41.1 Å². The number of benzene rings is 1. The molecule has 0 amide bonds. The third-order valence-electron chi connectivity index (χ3n) is 2.71. The van der Waals surface area contributed by atoms with Gasteiger partial charge in [0.05, 0.1) is 11.9 Å². The third-order valence-corrected chi connectivity index (χ3v) is 2.71. The Balaban J connectivity index is 0.00000144. The summed E-state index contributed by atoms with van der Waals surface area (Å²) in [6.45, 7) is 7.74. The van der Waals surface area contributed by atoms with Gasteiger partial charge in [0.15, 0.2) is 0 Å². The monoisotopic (exact) mass is 308 g/mol. The summed E-state index contributed by atoms with van der Waals surface area (Å²) in [5.41, 5.74) is 4.46. The second kappa shape index (κ2) is 7.66. The minimum atomic E-state index is 0. The molecule has 1 nitrogen and oxygen atoms in total. The molecule has 3 heteroatoms. The molecule has 1 heterocycles. The molecule has 18 heavy (non-hydrogen) atoms. The first-order chi connectivity index (χ1) is 7.74. The summed E-state index contributed by atoms with van der Waals surface area (Å²) in [6, 6.07) is 13.3. The maximum absolute atomic E-state index is 5.64. The van der Waals surface area contributed by atoms with E-state index in [2.05, 4.69) is 29.7 Å². The Labute approximate surface area is 136 Å². The van der Waals surface area contributed by atoms with E-state index >= 15 is 0 Å². The molecule has 0 unspecified atom stereocenters. The molecule has 1 aromatic carbocycles. The Morgan fingerprint density at radius 2 is 1.94 bits per heavy atom. The van der Waals surface area contributed by atoms with E-state index < -0.39 is 0 Å². The third kappa shape index (κ3) is 3.40. The molecule has 1 aromatic heterocycles. The van der Waals surface area contributed by atoms with Crippen molar-refractivity contribution in [2.24, 2.45) is 7.05 Å². The van der Waals surface area contributed by atoms with E-state index in [4.69, 9.17) is 6.58 Å². The Hall–Kier alpha value is -0.721. The van der Waals surface area contributed by atoms with Gasteiger partial charge < -0.3 is 12.7 Å².